The zero-order chi connectivity index (χ0) is 21.8. The van der Waals surface area contributed by atoms with Crippen LogP contribution in [0.4, 0.5) is 10.2 Å². The smallest absolute Gasteiger partial charge is 0.287 e. The standard InChI is InChI=1S/C21H25FN4O4/c1-12(22)11-29-18(23)7-6-17-13(2)26(30-14(17)3)21(28)16-8-9-24-19(10-16)25-20(27)15-4-5-15/h6-10,12-13,15H,3-5,11,23H2,1-2H3,(H,24,25,27)/b17-6-,18-7+. The van der Waals surface area contributed by atoms with E-state index in [9.17, 15) is 14.0 Å². The van der Waals surface area contributed by atoms with Crippen LogP contribution in [0.5, 0.6) is 0 Å². The Hall–Kier alpha value is -3.36. The quantitative estimate of drug-likeness (QED) is 0.662. The molecule has 3 N–H and O–H groups in total. The summed E-state index contributed by atoms with van der Waals surface area (Å²) in [6.45, 7) is 6.81. The summed E-state index contributed by atoms with van der Waals surface area (Å²) >= 11 is 0. The number of hydrogen-bond acceptors (Lipinski definition) is 6. The minimum Gasteiger partial charge on any atom is -0.476 e. The molecule has 2 atom stereocenters. The molecule has 1 saturated heterocycles. The number of hydroxylamine groups is 2. The number of alkyl halides is 1. The third-order valence-electron chi connectivity index (χ3n) is 4.65. The van der Waals surface area contributed by atoms with Gasteiger partial charge in [-0.2, -0.15) is 5.06 Å². The second kappa shape index (κ2) is 8.98. The SMILES string of the molecule is C=C1ON(C(=O)c2ccnc(NC(=O)C3CC3)c2)C(C)/C1=C/C=C(\N)OCC(C)F. The molecule has 1 aromatic heterocycles. The van der Waals surface area contributed by atoms with Crippen molar-refractivity contribution in [2.24, 2.45) is 11.7 Å². The van der Waals surface area contributed by atoms with Crippen molar-refractivity contribution in [2.45, 2.75) is 38.9 Å². The van der Waals surface area contributed by atoms with E-state index in [-0.39, 0.29) is 30.1 Å². The molecule has 0 radical (unpaired) electrons. The molecule has 30 heavy (non-hydrogen) atoms. The third kappa shape index (κ3) is 5.16. The number of pyridine rings is 1. The second-order valence-electron chi connectivity index (χ2n) is 7.30. The van der Waals surface area contributed by atoms with Gasteiger partial charge in [-0.15, -0.1) is 0 Å². The molecule has 3 rings (SSSR count). The Kier molecular flexibility index (Phi) is 6.39. The molecular formula is C21H25FN4O4. The van der Waals surface area contributed by atoms with Gasteiger partial charge in [0.1, 0.15) is 18.6 Å². The van der Waals surface area contributed by atoms with Crippen LogP contribution in [0.15, 0.2) is 54.3 Å². The first-order valence-corrected chi connectivity index (χ1v) is 9.68. The van der Waals surface area contributed by atoms with Gasteiger partial charge in [0, 0.05) is 23.3 Å². The van der Waals surface area contributed by atoms with Gasteiger partial charge in [-0.25, -0.2) is 9.37 Å². The number of nitrogens with one attached hydrogen (secondary N) is 1. The Labute approximate surface area is 174 Å². The number of anilines is 1. The lowest BCUT2D eigenvalue weighted by Gasteiger charge is -2.19. The van der Waals surface area contributed by atoms with Gasteiger partial charge in [-0.05, 0) is 51.0 Å². The number of nitrogens with two attached hydrogens (primary N) is 1. The van der Waals surface area contributed by atoms with E-state index in [1.54, 1.807) is 19.1 Å². The monoisotopic (exact) mass is 416 g/mol. The fourth-order valence-electron chi connectivity index (χ4n) is 2.82. The predicted octanol–water partition coefficient (Wildman–Crippen LogP) is 2.82. The molecular weight excluding hydrogens is 391 g/mol. The number of aromatic nitrogens is 1. The van der Waals surface area contributed by atoms with Crippen LogP contribution in [0.25, 0.3) is 0 Å². The zero-order valence-electron chi connectivity index (χ0n) is 16.9. The molecule has 2 amide bonds. The maximum atomic E-state index is 12.9. The fraction of sp³-hybridized carbons (Fsp3) is 0.381. The van der Waals surface area contributed by atoms with Crippen molar-refractivity contribution in [1.29, 1.82) is 0 Å². The van der Waals surface area contributed by atoms with Gasteiger partial charge in [0.15, 0.2) is 11.6 Å². The van der Waals surface area contributed by atoms with Crippen LogP contribution in [0.2, 0.25) is 0 Å². The van der Waals surface area contributed by atoms with Crippen molar-refractivity contribution in [3.63, 3.8) is 0 Å². The average Bonchev–Trinajstić information content (AvgIpc) is 3.51. The summed E-state index contributed by atoms with van der Waals surface area (Å²) in [6, 6.07) is 2.60. The number of carbonyl (C=O) groups is 2. The number of ether oxygens (including phenoxy) is 1. The van der Waals surface area contributed by atoms with Crippen LogP contribution in [0.1, 0.15) is 37.0 Å². The van der Waals surface area contributed by atoms with Crippen molar-refractivity contribution in [2.75, 3.05) is 11.9 Å². The highest BCUT2D eigenvalue weighted by molar-refractivity contribution is 5.97. The molecule has 160 valence electrons. The third-order valence-corrected chi connectivity index (χ3v) is 4.65. The largest absolute Gasteiger partial charge is 0.476 e. The molecule has 0 bridgehead atoms. The van der Waals surface area contributed by atoms with Crippen LogP contribution in [0.3, 0.4) is 0 Å². The molecule has 1 saturated carbocycles. The number of amides is 2. The Morgan fingerprint density at radius 2 is 2.27 bits per heavy atom. The molecule has 1 aromatic rings. The molecule has 2 heterocycles. The molecule has 0 spiro atoms. The summed E-state index contributed by atoms with van der Waals surface area (Å²) in [4.78, 5) is 34.5. The number of carbonyl (C=O) groups excluding carboxylic acids is 2. The van der Waals surface area contributed by atoms with Crippen molar-refractivity contribution >= 4 is 17.6 Å². The van der Waals surface area contributed by atoms with E-state index in [1.807, 2.05) is 0 Å². The molecule has 8 nitrogen and oxygen atoms in total. The first-order chi connectivity index (χ1) is 14.3. The maximum Gasteiger partial charge on any atom is 0.287 e. The fourth-order valence-corrected chi connectivity index (χ4v) is 2.82. The van der Waals surface area contributed by atoms with Gasteiger partial charge in [0.25, 0.3) is 5.91 Å². The van der Waals surface area contributed by atoms with Crippen molar-refractivity contribution in [3.8, 4) is 0 Å². The Morgan fingerprint density at radius 3 is 2.93 bits per heavy atom. The zero-order valence-corrected chi connectivity index (χ0v) is 16.9. The van der Waals surface area contributed by atoms with Crippen LogP contribution in [-0.2, 0) is 14.4 Å². The number of rotatable bonds is 7. The van der Waals surface area contributed by atoms with E-state index in [2.05, 4.69) is 16.9 Å². The van der Waals surface area contributed by atoms with E-state index in [0.717, 1.165) is 12.8 Å². The summed E-state index contributed by atoms with van der Waals surface area (Å²) < 4.78 is 17.9. The lowest BCUT2D eigenvalue weighted by atomic mass is 10.1. The highest BCUT2D eigenvalue weighted by Gasteiger charge is 2.35. The second-order valence-corrected chi connectivity index (χ2v) is 7.30. The number of hydrogen-bond donors (Lipinski definition) is 2. The molecule has 1 aliphatic heterocycles. The van der Waals surface area contributed by atoms with E-state index in [4.69, 9.17) is 15.3 Å². The van der Waals surface area contributed by atoms with E-state index in [0.29, 0.717) is 17.0 Å². The van der Waals surface area contributed by atoms with E-state index < -0.39 is 18.1 Å². The van der Waals surface area contributed by atoms with Crippen molar-refractivity contribution in [1.82, 2.24) is 10.0 Å². The highest BCUT2D eigenvalue weighted by atomic mass is 19.1. The Balaban J connectivity index is 1.69. The first kappa shape index (κ1) is 21.4. The summed E-state index contributed by atoms with van der Waals surface area (Å²) in [5, 5.41) is 3.90. The van der Waals surface area contributed by atoms with Gasteiger partial charge < -0.3 is 20.6 Å². The number of allylic oxidation sites excluding steroid dienone is 2. The Bertz CT molecular complexity index is 908. The summed E-state index contributed by atoms with van der Waals surface area (Å²) in [6.07, 6.45) is 5.14. The van der Waals surface area contributed by atoms with Gasteiger partial charge in [0.05, 0.1) is 6.04 Å². The minimum absolute atomic E-state index is 0.0294. The van der Waals surface area contributed by atoms with Gasteiger partial charge in [0.2, 0.25) is 5.91 Å². The van der Waals surface area contributed by atoms with Crippen molar-refractivity contribution < 1.29 is 23.6 Å². The predicted molar refractivity (Wildman–Crippen MR) is 108 cm³/mol. The summed E-state index contributed by atoms with van der Waals surface area (Å²) in [5.41, 5.74) is 6.63. The van der Waals surface area contributed by atoms with Crippen LogP contribution < -0.4 is 11.1 Å². The lowest BCUT2D eigenvalue weighted by molar-refractivity contribution is -0.117. The van der Waals surface area contributed by atoms with Gasteiger partial charge in [-0.3, -0.25) is 9.59 Å². The number of nitrogens with zero attached hydrogens (tertiary/aromatic N) is 2. The van der Waals surface area contributed by atoms with Crippen LogP contribution in [0, 0.1) is 5.92 Å². The number of halogens is 1. The topological polar surface area (TPSA) is 107 Å². The summed E-state index contributed by atoms with van der Waals surface area (Å²) in [7, 11) is 0. The molecule has 9 heteroatoms. The molecule has 0 aromatic carbocycles. The van der Waals surface area contributed by atoms with Crippen LogP contribution >= 0.6 is 0 Å². The molecule has 2 unspecified atom stereocenters. The molecule has 2 aliphatic rings. The normalized spacial score (nSPS) is 21.4. The average molecular weight is 416 g/mol. The molecule has 2 fully saturated rings. The van der Waals surface area contributed by atoms with Gasteiger partial charge in [-0.1, -0.05) is 6.58 Å². The lowest BCUT2D eigenvalue weighted by Crippen LogP contribution is -2.33. The van der Waals surface area contributed by atoms with E-state index in [1.165, 1.54) is 30.3 Å². The minimum atomic E-state index is -1.14. The summed E-state index contributed by atoms with van der Waals surface area (Å²) in [5.74, 6) is 0.175. The van der Waals surface area contributed by atoms with Gasteiger partial charge >= 0.3 is 0 Å². The van der Waals surface area contributed by atoms with E-state index >= 15 is 0 Å². The van der Waals surface area contributed by atoms with Crippen molar-refractivity contribution in [3.05, 3.63) is 59.8 Å². The Morgan fingerprint density at radius 1 is 1.53 bits per heavy atom. The first-order valence-electron chi connectivity index (χ1n) is 9.68. The maximum absolute atomic E-state index is 12.9. The highest BCUT2D eigenvalue weighted by Crippen LogP contribution is 2.31. The van der Waals surface area contributed by atoms with Crippen LogP contribution in [-0.4, -0.2) is 40.7 Å². The molecule has 1 aliphatic carbocycles.